The molecule has 0 aliphatic carbocycles. The number of rotatable bonds is 4. The van der Waals surface area contributed by atoms with Gasteiger partial charge in [-0.2, -0.15) is 0 Å². The summed E-state index contributed by atoms with van der Waals surface area (Å²) in [6, 6.07) is 30.5. The first-order chi connectivity index (χ1) is 12.3. The largest absolute Gasteiger partial charge is 0.497 e. The molecular formula is C23H18O2. The van der Waals surface area contributed by atoms with Gasteiger partial charge in [0, 0.05) is 11.6 Å². The third-order valence-electron chi connectivity index (χ3n) is 4.24. The maximum absolute atomic E-state index is 6.18. The predicted molar refractivity (Wildman–Crippen MR) is 102 cm³/mol. The van der Waals surface area contributed by atoms with Gasteiger partial charge in [-0.05, 0) is 40.6 Å². The second-order valence-electron chi connectivity index (χ2n) is 5.80. The molecule has 0 saturated carbocycles. The Balaban J connectivity index is 1.89. The summed E-state index contributed by atoms with van der Waals surface area (Å²) in [5.41, 5.74) is 2.19. The number of benzene rings is 4. The van der Waals surface area contributed by atoms with Crippen molar-refractivity contribution in [3.8, 4) is 28.4 Å². The summed E-state index contributed by atoms with van der Waals surface area (Å²) in [6.07, 6.45) is 0. The van der Waals surface area contributed by atoms with Gasteiger partial charge in [-0.15, -0.1) is 0 Å². The van der Waals surface area contributed by atoms with E-state index in [-0.39, 0.29) is 0 Å². The molecule has 0 heterocycles. The fourth-order valence-electron chi connectivity index (χ4n) is 3.01. The lowest BCUT2D eigenvalue weighted by Crippen LogP contribution is -1.91. The second kappa shape index (κ2) is 6.70. The zero-order chi connectivity index (χ0) is 17.1. The van der Waals surface area contributed by atoms with Crippen LogP contribution in [0.1, 0.15) is 0 Å². The number of methoxy groups -OCH3 is 1. The van der Waals surface area contributed by atoms with Crippen LogP contribution in [-0.2, 0) is 0 Å². The van der Waals surface area contributed by atoms with E-state index in [4.69, 9.17) is 9.47 Å². The molecule has 2 nitrogen and oxygen atoms in total. The summed E-state index contributed by atoms with van der Waals surface area (Å²) in [4.78, 5) is 0. The van der Waals surface area contributed by atoms with Crippen molar-refractivity contribution in [3.05, 3.63) is 91.0 Å². The fraction of sp³-hybridized carbons (Fsp3) is 0.0435. The van der Waals surface area contributed by atoms with Crippen LogP contribution in [0.3, 0.4) is 0 Å². The van der Waals surface area contributed by atoms with E-state index in [9.17, 15) is 0 Å². The van der Waals surface area contributed by atoms with Crippen LogP contribution in [0.15, 0.2) is 91.0 Å². The highest BCUT2D eigenvalue weighted by Crippen LogP contribution is 2.39. The van der Waals surface area contributed by atoms with Crippen LogP contribution >= 0.6 is 0 Å². The normalized spacial score (nSPS) is 10.6. The summed E-state index contributed by atoms with van der Waals surface area (Å²) in [5.74, 6) is 2.36. The van der Waals surface area contributed by atoms with E-state index in [1.807, 2.05) is 42.5 Å². The lowest BCUT2D eigenvalue weighted by atomic mass is 9.97. The summed E-state index contributed by atoms with van der Waals surface area (Å²) in [6.45, 7) is 0. The molecule has 0 radical (unpaired) electrons. The Kier molecular flexibility index (Phi) is 4.09. The van der Waals surface area contributed by atoms with Gasteiger partial charge in [0.05, 0.1) is 7.11 Å². The number of ether oxygens (including phenoxy) is 2. The number of para-hydroxylation sites is 1. The third-order valence-corrected chi connectivity index (χ3v) is 4.24. The molecule has 0 spiro atoms. The molecule has 0 fully saturated rings. The smallest absolute Gasteiger partial charge is 0.138 e. The van der Waals surface area contributed by atoms with E-state index in [2.05, 4.69) is 48.5 Å². The van der Waals surface area contributed by atoms with Gasteiger partial charge < -0.3 is 9.47 Å². The minimum absolute atomic E-state index is 0.773. The van der Waals surface area contributed by atoms with Crippen LogP contribution in [0.4, 0.5) is 0 Å². The molecule has 2 heteroatoms. The molecule has 0 unspecified atom stereocenters. The number of hydrogen-bond acceptors (Lipinski definition) is 2. The first kappa shape index (κ1) is 15.3. The minimum atomic E-state index is 0.773. The Morgan fingerprint density at radius 3 is 2.20 bits per heavy atom. The van der Waals surface area contributed by atoms with Crippen molar-refractivity contribution in [2.75, 3.05) is 7.11 Å². The minimum Gasteiger partial charge on any atom is -0.497 e. The van der Waals surface area contributed by atoms with Gasteiger partial charge in [-0.25, -0.2) is 0 Å². The lowest BCUT2D eigenvalue weighted by molar-refractivity contribution is 0.409. The zero-order valence-electron chi connectivity index (χ0n) is 14.0. The molecule has 0 bridgehead atoms. The summed E-state index contributed by atoms with van der Waals surface area (Å²) in [7, 11) is 1.67. The van der Waals surface area contributed by atoms with E-state index in [0.29, 0.717) is 0 Å². The van der Waals surface area contributed by atoms with Crippen molar-refractivity contribution >= 4 is 10.8 Å². The topological polar surface area (TPSA) is 18.5 Å². The Hall–Kier alpha value is -3.26. The molecule has 0 aromatic heterocycles. The van der Waals surface area contributed by atoms with Crippen LogP contribution in [0.25, 0.3) is 21.9 Å². The SMILES string of the molecule is COc1ccc(-c2cccc3ccccc23)c(Oc2ccccc2)c1. The van der Waals surface area contributed by atoms with Crippen molar-refractivity contribution in [1.29, 1.82) is 0 Å². The molecule has 0 N–H and O–H groups in total. The van der Waals surface area contributed by atoms with Crippen LogP contribution in [0, 0.1) is 0 Å². The van der Waals surface area contributed by atoms with Crippen molar-refractivity contribution in [3.63, 3.8) is 0 Å². The molecule has 4 rings (SSSR count). The quantitative estimate of drug-likeness (QED) is 0.437. The molecule has 122 valence electrons. The fourth-order valence-corrected chi connectivity index (χ4v) is 3.01. The predicted octanol–water partition coefficient (Wildman–Crippen LogP) is 6.31. The average molecular weight is 326 g/mol. The lowest BCUT2D eigenvalue weighted by Gasteiger charge is -2.14. The molecule has 0 atom stereocenters. The zero-order valence-corrected chi connectivity index (χ0v) is 14.0. The van der Waals surface area contributed by atoms with Gasteiger partial charge in [-0.1, -0.05) is 60.7 Å². The Morgan fingerprint density at radius 2 is 1.36 bits per heavy atom. The average Bonchev–Trinajstić information content (AvgIpc) is 2.68. The second-order valence-corrected chi connectivity index (χ2v) is 5.80. The molecule has 0 aliphatic rings. The molecule has 4 aromatic rings. The van der Waals surface area contributed by atoms with Crippen molar-refractivity contribution in [2.45, 2.75) is 0 Å². The van der Waals surface area contributed by atoms with Gasteiger partial charge in [0.25, 0.3) is 0 Å². The molecule has 0 saturated heterocycles. The standard InChI is InChI=1S/C23H18O2/c1-24-19-14-15-22(23(16-19)25-18-10-3-2-4-11-18)21-13-7-9-17-8-5-6-12-20(17)21/h2-16H,1H3. The Labute approximate surface area is 147 Å². The summed E-state index contributed by atoms with van der Waals surface area (Å²) < 4.78 is 11.6. The van der Waals surface area contributed by atoms with Gasteiger partial charge in [0.1, 0.15) is 17.2 Å². The molecule has 4 aromatic carbocycles. The van der Waals surface area contributed by atoms with E-state index in [1.165, 1.54) is 10.8 Å². The van der Waals surface area contributed by atoms with Crippen molar-refractivity contribution in [2.24, 2.45) is 0 Å². The first-order valence-corrected chi connectivity index (χ1v) is 8.24. The van der Waals surface area contributed by atoms with Gasteiger partial charge >= 0.3 is 0 Å². The highest BCUT2D eigenvalue weighted by molar-refractivity contribution is 5.98. The van der Waals surface area contributed by atoms with E-state index >= 15 is 0 Å². The first-order valence-electron chi connectivity index (χ1n) is 8.24. The monoisotopic (exact) mass is 326 g/mol. The van der Waals surface area contributed by atoms with Gasteiger partial charge in [0.2, 0.25) is 0 Å². The highest BCUT2D eigenvalue weighted by atomic mass is 16.5. The summed E-state index contributed by atoms with van der Waals surface area (Å²) in [5, 5.41) is 2.41. The van der Waals surface area contributed by atoms with E-state index < -0.39 is 0 Å². The number of hydrogen-bond donors (Lipinski definition) is 0. The van der Waals surface area contributed by atoms with Crippen LogP contribution < -0.4 is 9.47 Å². The maximum atomic E-state index is 6.18. The van der Waals surface area contributed by atoms with Gasteiger partial charge in [-0.3, -0.25) is 0 Å². The van der Waals surface area contributed by atoms with E-state index in [1.54, 1.807) is 7.11 Å². The molecule has 0 aliphatic heterocycles. The van der Waals surface area contributed by atoms with Gasteiger partial charge in [0.15, 0.2) is 0 Å². The Bertz CT molecular complexity index is 1000. The van der Waals surface area contributed by atoms with Crippen molar-refractivity contribution < 1.29 is 9.47 Å². The maximum Gasteiger partial charge on any atom is 0.138 e. The molecule has 0 amide bonds. The number of fused-ring (bicyclic) bond motifs is 1. The van der Waals surface area contributed by atoms with Crippen molar-refractivity contribution in [1.82, 2.24) is 0 Å². The van der Waals surface area contributed by atoms with Crippen LogP contribution in [0.2, 0.25) is 0 Å². The third kappa shape index (κ3) is 3.07. The molecule has 25 heavy (non-hydrogen) atoms. The Morgan fingerprint density at radius 1 is 0.600 bits per heavy atom. The van der Waals surface area contributed by atoms with Crippen LogP contribution in [-0.4, -0.2) is 7.11 Å². The molecular weight excluding hydrogens is 308 g/mol. The highest BCUT2D eigenvalue weighted by Gasteiger charge is 2.12. The van der Waals surface area contributed by atoms with E-state index in [0.717, 1.165) is 28.4 Å². The van der Waals surface area contributed by atoms with Crippen LogP contribution in [0.5, 0.6) is 17.2 Å². The summed E-state index contributed by atoms with van der Waals surface area (Å²) >= 11 is 0.